The van der Waals surface area contributed by atoms with Gasteiger partial charge in [0.05, 0.1) is 0 Å². The molecule has 0 amide bonds. The quantitative estimate of drug-likeness (QED) is 0.871. The lowest BCUT2D eigenvalue weighted by molar-refractivity contribution is -0.106. The molecule has 5 nitrogen and oxygen atoms in total. The molecule has 4 fully saturated rings. The van der Waals surface area contributed by atoms with Crippen molar-refractivity contribution in [3.8, 4) is 17.5 Å². The summed E-state index contributed by atoms with van der Waals surface area (Å²) in [6.07, 6.45) is 3.15. The number of rotatable bonds is 3. The maximum Gasteiger partial charge on any atom is 0.415 e. The van der Waals surface area contributed by atoms with Crippen LogP contribution in [0.1, 0.15) is 12.8 Å². The van der Waals surface area contributed by atoms with E-state index < -0.39 is 0 Å². The van der Waals surface area contributed by atoms with E-state index in [4.69, 9.17) is 9.15 Å². The number of piperidine rings is 3. The van der Waals surface area contributed by atoms with Gasteiger partial charge < -0.3 is 14.1 Å². The molecule has 4 heterocycles. The van der Waals surface area contributed by atoms with E-state index in [9.17, 15) is 0 Å². The van der Waals surface area contributed by atoms with Crippen molar-refractivity contribution in [2.24, 2.45) is 17.8 Å². The Kier molecular flexibility index (Phi) is 2.77. The van der Waals surface area contributed by atoms with Gasteiger partial charge in [0, 0.05) is 37.0 Å². The number of ether oxygens (including phenoxy) is 1. The van der Waals surface area contributed by atoms with Crippen LogP contribution in [0.5, 0.6) is 6.08 Å². The highest BCUT2D eigenvalue weighted by Crippen LogP contribution is 2.44. The molecule has 114 valence electrons. The lowest BCUT2D eigenvalue weighted by Gasteiger charge is -2.54. The Labute approximate surface area is 129 Å². The van der Waals surface area contributed by atoms with Crippen LogP contribution in [0, 0.1) is 17.8 Å². The van der Waals surface area contributed by atoms with E-state index in [1.165, 1.54) is 19.4 Å². The highest BCUT2D eigenvalue weighted by molar-refractivity contribution is 5.51. The SMILES string of the molecule is c1ccc(-c2nnc(OC3[C@H]4CC5C[C@H]3CN(C5)C4)o2)cc1. The molecule has 1 saturated carbocycles. The van der Waals surface area contributed by atoms with Crippen molar-refractivity contribution in [2.45, 2.75) is 18.9 Å². The third-order valence-electron chi connectivity index (χ3n) is 5.37. The molecule has 4 bridgehead atoms. The molecule has 22 heavy (non-hydrogen) atoms. The Morgan fingerprint density at radius 1 is 1.00 bits per heavy atom. The summed E-state index contributed by atoms with van der Waals surface area (Å²) >= 11 is 0. The Hall–Kier alpha value is -1.88. The van der Waals surface area contributed by atoms with Gasteiger partial charge in [-0.15, -0.1) is 5.10 Å². The summed E-state index contributed by atoms with van der Waals surface area (Å²) in [6.45, 7) is 3.62. The van der Waals surface area contributed by atoms with Crippen molar-refractivity contribution in [1.82, 2.24) is 15.1 Å². The van der Waals surface area contributed by atoms with E-state index in [1.807, 2.05) is 30.3 Å². The minimum absolute atomic E-state index is 0.247. The average molecular weight is 297 g/mol. The summed E-state index contributed by atoms with van der Waals surface area (Å²) in [5, 5.41) is 8.21. The lowest BCUT2D eigenvalue weighted by atomic mass is 9.66. The second-order valence-electron chi connectivity index (χ2n) is 6.90. The second-order valence-corrected chi connectivity index (χ2v) is 6.90. The zero-order chi connectivity index (χ0) is 14.5. The fourth-order valence-electron chi connectivity index (χ4n) is 4.63. The second kappa shape index (κ2) is 4.81. The molecule has 1 aromatic carbocycles. The van der Waals surface area contributed by atoms with Gasteiger partial charge in [-0.1, -0.05) is 23.3 Å². The van der Waals surface area contributed by atoms with Crippen LogP contribution in [0.15, 0.2) is 34.7 Å². The minimum Gasteiger partial charge on any atom is -0.445 e. The largest absolute Gasteiger partial charge is 0.445 e. The van der Waals surface area contributed by atoms with Crippen LogP contribution in [0.2, 0.25) is 0 Å². The van der Waals surface area contributed by atoms with Gasteiger partial charge in [0.25, 0.3) is 5.89 Å². The molecule has 6 rings (SSSR count). The summed E-state index contributed by atoms with van der Waals surface area (Å²) < 4.78 is 11.8. The molecular formula is C17H19N3O2. The van der Waals surface area contributed by atoms with E-state index in [2.05, 4.69) is 15.1 Å². The molecule has 0 radical (unpaired) electrons. The van der Waals surface area contributed by atoms with Crippen LogP contribution < -0.4 is 4.74 Å². The first-order chi connectivity index (χ1) is 10.8. The number of hydrogen-bond acceptors (Lipinski definition) is 5. The first-order valence-corrected chi connectivity index (χ1v) is 8.13. The number of nitrogens with zero attached hydrogens (tertiary/aromatic N) is 3. The molecule has 1 aliphatic carbocycles. The smallest absolute Gasteiger partial charge is 0.415 e. The van der Waals surface area contributed by atoms with E-state index in [0.29, 0.717) is 23.8 Å². The van der Waals surface area contributed by atoms with Gasteiger partial charge >= 0.3 is 6.08 Å². The third-order valence-corrected chi connectivity index (χ3v) is 5.37. The van der Waals surface area contributed by atoms with E-state index in [1.54, 1.807) is 0 Å². The summed E-state index contributed by atoms with van der Waals surface area (Å²) in [5.74, 6) is 2.65. The fourth-order valence-corrected chi connectivity index (χ4v) is 4.63. The van der Waals surface area contributed by atoms with Crippen molar-refractivity contribution in [1.29, 1.82) is 0 Å². The molecule has 4 aliphatic rings. The monoisotopic (exact) mass is 297 g/mol. The molecule has 3 aliphatic heterocycles. The van der Waals surface area contributed by atoms with Crippen molar-refractivity contribution in [3.63, 3.8) is 0 Å². The van der Waals surface area contributed by atoms with Gasteiger partial charge in [0.1, 0.15) is 6.10 Å². The lowest BCUT2D eigenvalue weighted by Crippen LogP contribution is -2.61. The van der Waals surface area contributed by atoms with Crippen LogP contribution in [-0.4, -0.2) is 40.8 Å². The van der Waals surface area contributed by atoms with Crippen LogP contribution in [0.25, 0.3) is 11.5 Å². The van der Waals surface area contributed by atoms with Crippen LogP contribution in [0.4, 0.5) is 0 Å². The Balaban J connectivity index is 1.35. The van der Waals surface area contributed by atoms with Gasteiger partial charge in [0.2, 0.25) is 0 Å². The highest BCUT2D eigenvalue weighted by atomic mass is 16.6. The zero-order valence-corrected chi connectivity index (χ0v) is 12.4. The van der Waals surface area contributed by atoms with E-state index in [-0.39, 0.29) is 6.10 Å². The molecule has 0 N–H and O–H groups in total. The Morgan fingerprint density at radius 2 is 1.77 bits per heavy atom. The van der Waals surface area contributed by atoms with Crippen LogP contribution >= 0.6 is 0 Å². The van der Waals surface area contributed by atoms with Gasteiger partial charge in [-0.3, -0.25) is 0 Å². The molecule has 0 unspecified atom stereocenters. The van der Waals surface area contributed by atoms with Crippen molar-refractivity contribution in [3.05, 3.63) is 30.3 Å². The molecule has 0 spiro atoms. The van der Waals surface area contributed by atoms with Gasteiger partial charge in [-0.2, -0.15) is 0 Å². The molecule has 5 heteroatoms. The van der Waals surface area contributed by atoms with Crippen LogP contribution in [-0.2, 0) is 0 Å². The van der Waals surface area contributed by atoms with Gasteiger partial charge in [0.15, 0.2) is 0 Å². The number of benzene rings is 1. The van der Waals surface area contributed by atoms with E-state index in [0.717, 1.165) is 24.6 Å². The summed E-state index contributed by atoms with van der Waals surface area (Å²) in [5.41, 5.74) is 0.932. The Bertz CT molecular complexity index is 642. The third kappa shape index (κ3) is 2.03. The van der Waals surface area contributed by atoms with Crippen LogP contribution in [0.3, 0.4) is 0 Å². The van der Waals surface area contributed by atoms with Gasteiger partial charge in [-0.05, 0) is 30.9 Å². The Morgan fingerprint density at radius 3 is 2.50 bits per heavy atom. The summed E-state index contributed by atoms with van der Waals surface area (Å²) in [6, 6.07) is 9.83. The maximum atomic E-state index is 6.13. The standard InChI is InChI=1S/C17H19N3O2/c1-2-4-12(5-3-1)16-18-19-17(22-16)21-15-13-6-11-7-14(15)10-20(8-11)9-13/h1-5,11,13-15H,6-10H2/t11?,13-,14-,15?/m0/s1. The molecular weight excluding hydrogens is 278 g/mol. The molecule has 2 aromatic rings. The van der Waals surface area contributed by atoms with Gasteiger partial charge in [-0.25, -0.2) is 0 Å². The normalized spacial score (nSPS) is 35.7. The molecule has 3 saturated heterocycles. The summed E-state index contributed by atoms with van der Waals surface area (Å²) in [7, 11) is 0. The molecule has 2 atom stereocenters. The topological polar surface area (TPSA) is 51.4 Å². The minimum atomic E-state index is 0.247. The first-order valence-electron chi connectivity index (χ1n) is 8.13. The average Bonchev–Trinajstić information content (AvgIpc) is 3.00. The maximum absolute atomic E-state index is 6.13. The number of hydrogen-bond donors (Lipinski definition) is 0. The fraction of sp³-hybridized carbons (Fsp3) is 0.529. The summed E-state index contributed by atoms with van der Waals surface area (Å²) in [4.78, 5) is 2.59. The number of aromatic nitrogens is 2. The predicted molar refractivity (Wildman–Crippen MR) is 80.3 cm³/mol. The van der Waals surface area contributed by atoms with Crippen molar-refractivity contribution in [2.75, 3.05) is 19.6 Å². The first kappa shape index (κ1) is 12.6. The predicted octanol–water partition coefficient (Wildman–Crippen LogP) is 2.46. The molecule has 1 aromatic heterocycles. The van der Waals surface area contributed by atoms with Crippen molar-refractivity contribution < 1.29 is 9.15 Å². The van der Waals surface area contributed by atoms with E-state index >= 15 is 0 Å². The highest BCUT2D eigenvalue weighted by Gasteiger charge is 2.49. The zero-order valence-electron chi connectivity index (χ0n) is 12.4. The van der Waals surface area contributed by atoms with Crippen molar-refractivity contribution >= 4 is 0 Å².